The molecule has 1 rings (SSSR count). The van der Waals surface area contributed by atoms with Crippen molar-refractivity contribution < 1.29 is 4.84 Å². The lowest BCUT2D eigenvalue weighted by molar-refractivity contribution is -0.0592. The van der Waals surface area contributed by atoms with E-state index in [0.717, 1.165) is 18.7 Å². The molecule has 0 N–H and O–H groups in total. The minimum atomic E-state index is 0.255. The van der Waals surface area contributed by atoms with Gasteiger partial charge >= 0.3 is 0 Å². The van der Waals surface area contributed by atoms with E-state index in [1.54, 1.807) is 5.06 Å². The van der Waals surface area contributed by atoms with Crippen molar-refractivity contribution in [3.05, 3.63) is 0 Å². The van der Waals surface area contributed by atoms with Crippen molar-refractivity contribution in [2.45, 2.75) is 32.9 Å². The van der Waals surface area contributed by atoms with Crippen LogP contribution in [0.3, 0.4) is 0 Å². The molecule has 0 radical (unpaired) electrons. The molecule has 0 fully saturated rings. The lowest BCUT2D eigenvalue weighted by atomic mass is 10.3. The second kappa shape index (κ2) is 3.01. The van der Waals surface area contributed by atoms with Crippen LogP contribution >= 0.6 is 0 Å². The normalized spacial score (nSPS) is 26.3. The van der Waals surface area contributed by atoms with Crippen molar-refractivity contribution >= 4 is 5.90 Å². The monoisotopic (exact) mass is 142 g/mol. The Kier molecular flexibility index (Phi) is 2.27. The number of hydrogen-bond donors (Lipinski definition) is 0. The Bertz CT molecular complexity index is 145. The number of nitrogens with zero attached hydrogens (tertiary/aromatic N) is 2. The van der Waals surface area contributed by atoms with Crippen molar-refractivity contribution in [2.24, 2.45) is 4.99 Å². The van der Waals surface area contributed by atoms with Crippen LogP contribution in [0.1, 0.15) is 26.7 Å². The van der Waals surface area contributed by atoms with Gasteiger partial charge in [-0.2, -0.15) is 0 Å². The fraction of sp³-hybridized carbons (Fsp3) is 0.857. The van der Waals surface area contributed by atoms with Crippen LogP contribution in [0, 0.1) is 0 Å². The van der Waals surface area contributed by atoms with Crippen LogP contribution < -0.4 is 0 Å². The number of aliphatic imine (C=N–C) groups is 1. The zero-order valence-electron chi connectivity index (χ0n) is 6.79. The molecule has 1 atom stereocenters. The van der Waals surface area contributed by atoms with E-state index in [9.17, 15) is 0 Å². The van der Waals surface area contributed by atoms with Crippen LogP contribution in [-0.4, -0.2) is 24.2 Å². The molecule has 0 aliphatic carbocycles. The molecule has 1 aliphatic rings. The maximum absolute atomic E-state index is 5.21. The van der Waals surface area contributed by atoms with Gasteiger partial charge in [0.15, 0.2) is 0 Å². The van der Waals surface area contributed by atoms with Crippen molar-refractivity contribution in [3.63, 3.8) is 0 Å². The van der Waals surface area contributed by atoms with Crippen molar-refractivity contribution in [1.82, 2.24) is 5.06 Å². The van der Waals surface area contributed by atoms with E-state index < -0.39 is 0 Å². The third-order valence-corrected chi connectivity index (χ3v) is 1.57. The topological polar surface area (TPSA) is 24.8 Å². The summed E-state index contributed by atoms with van der Waals surface area (Å²) in [5, 5.41) is 1.80. The zero-order chi connectivity index (χ0) is 7.56. The Morgan fingerprint density at radius 1 is 1.70 bits per heavy atom. The third-order valence-electron chi connectivity index (χ3n) is 1.57. The maximum Gasteiger partial charge on any atom is 0.208 e. The van der Waals surface area contributed by atoms with Gasteiger partial charge in [-0.1, -0.05) is 13.3 Å². The minimum absolute atomic E-state index is 0.255. The van der Waals surface area contributed by atoms with Crippen molar-refractivity contribution in [1.29, 1.82) is 0 Å². The summed E-state index contributed by atoms with van der Waals surface area (Å²) >= 11 is 0. The van der Waals surface area contributed by atoms with E-state index in [1.165, 1.54) is 0 Å². The Hall–Kier alpha value is -0.570. The molecule has 1 heterocycles. The van der Waals surface area contributed by atoms with Gasteiger partial charge in [0.2, 0.25) is 5.90 Å². The summed E-state index contributed by atoms with van der Waals surface area (Å²) < 4.78 is 0. The average Bonchev–Trinajstić information content (AvgIpc) is 2.13. The van der Waals surface area contributed by atoms with Gasteiger partial charge in [0.1, 0.15) is 6.17 Å². The molecular weight excluding hydrogens is 128 g/mol. The van der Waals surface area contributed by atoms with Gasteiger partial charge in [0, 0.05) is 14.0 Å². The van der Waals surface area contributed by atoms with Crippen LogP contribution in [0.2, 0.25) is 0 Å². The number of rotatable bonds is 2. The number of hydrogen-bond acceptors (Lipinski definition) is 3. The molecule has 1 unspecified atom stereocenters. The molecule has 58 valence electrons. The first kappa shape index (κ1) is 7.54. The Morgan fingerprint density at radius 2 is 2.40 bits per heavy atom. The van der Waals surface area contributed by atoms with Gasteiger partial charge in [-0.05, 0) is 6.42 Å². The highest BCUT2D eigenvalue weighted by Crippen LogP contribution is 2.13. The van der Waals surface area contributed by atoms with Crippen molar-refractivity contribution in [3.8, 4) is 0 Å². The first-order chi connectivity index (χ1) is 4.74. The van der Waals surface area contributed by atoms with Gasteiger partial charge in [0.05, 0.1) is 0 Å². The molecule has 0 bridgehead atoms. The Morgan fingerprint density at radius 3 is 2.80 bits per heavy atom. The molecule has 3 heteroatoms. The lowest BCUT2D eigenvalue weighted by Gasteiger charge is -2.14. The summed E-state index contributed by atoms with van der Waals surface area (Å²) in [6.45, 7) is 4.03. The molecule has 0 saturated carbocycles. The van der Waals surface area contributed by atoms with E-state index in [-0.39, 0.29) is 6.17 Å². The highest BCUT2D eigenvalue weighted by atomic mass is 16.7. The summed E-state index contributed by atoms with van der Waals surface area (Å²) in [5.41, 5.74) is 0. The van der Waals surface area contributed by atoms with Crippen LogP contribution in [0.25, 0.3) is 0 Å². The summed E-state index contributed by atoms with van der Waals surface area (Å²) in [6.07, 6.45) is 2.48. The summed E-state index contributed by atoms with van der Waals surface area (Å²) in [6, 6.07) is 0. The minimum Gasteiger partial charge on any atom is -0.389 e. The summed E-state index contributed by atoms with van der Waals surface area (Å²) in [7, 11) is 1.92. The average molecular weight is 142 g/mol. The summed E-state index contributed by atoms with van der Waals surface area (Å²) in [5.74, 6) is 0.779. The molecule has 0 spiro atoms. The van der Waals surface area contributed by atoms with Gasteiger partial charge in [-0.3, -0.25) is 0 Å². The molecule has 10 heavy (non-hydrogen) atoms. The SMILES string of the molecule is CCCC1N=C(C)ON1C. The quantitative estimate of drug-likeness (QED) is 0.582. The Balaban J connectivity index is 2.44. The van der Waals surface area contributed by atoms with E-state index in [2.05, 4.69) is 11.9 Å². The second-order valence-electron chi connectivity index (χ2n) is 2.55. The maximum atomic E-state index is 5.21. The predicted octanol–water partition coefficient (Wildman–Crippen LogP) is 1.41. The summed E-state index contributed by atoms with van der Waals surface area (Å²) in [4.78, 5) is 9.49. The number of hydroxylamine groups is 2. The van der Waals surface area contributed by atoms with E-state index in [4.69, 9.17) is 4.84 Å². The van der Waals surface area contributed by atoms with Gasteiger partial charge in [-0.15, -0.1) is 5.06 Å². The van der Waals surface area contributed by atoms with Gasteiger partial charge < -0.3 is 4.84 Å². The smallest absolute Gasteiger partial charge is 0.208 e. The van der Waals surface area contributed by atoms with Gasteiger partial charge in [0.25, 0.3) is 0 Å². The van der Waals surface area contributed by atoms with Gasteiger partial charge in [-0.25, -0.2) is 4.99 Å². The molecule has 0 saturated heterocycles. The van der Waals surface area contributed by atoms with Crippen LogP contribution in [-0.2, 0) is 4.84 Å². The molecule has 1 aliphatic heterocycles. The van der Waals surface area contributed by atoms with Crippen molar-refractivity contribution in [2.75, 3.05) is 7.05 Å². The first-order valence-corrected chi connectivity index (χ1v) is 3.69. The third kappa shape index (κ3) is 1.48. The standard InChI is InChI=1S/C7H14N2O/c1-4-5-7-8-6(2)10-9(7)3/h7H,4-5H2,1-3H3. The second-order valence-corrected chi connectivity index (χ2v) is 2.55. The highest BCUT2D eigenvalue weighted by molar-refractivity contribution is 5.74. The fourth-order valence-electron chi connectivity index (χ4n) is 1.09. The largest absolute Gasteiger partial charge is 0.389 e. The molecule has 0 aromatic rings. The first-order valence-electron chi connectivity index (χ1n) is 3.69. The lowest BCUT2D eigenvalue weighted by Crippen LogP contribution is -2.24. The molecule has 0 aromatic heterocycles. The molecule has 0 aromatic carbocycles. The van der Waals surface area contributed by atoms with E-state index >= 15 is 0 Å². The highest BCUT2D eigenvalue weighted by Gasteiger charge is 2.20. The Labute approximate surface area is 61.6 Å². The van der Waals surface area contributed by atoms with E-state index in [0.29, 0.717) is 0 Å². The van der Waals surface area contributed by atoms with Crippen LogP contribution in [0.4, 0.5) is 0 Å². The molecular formula is C7H14N2O. The van der Waals surface area contributed by atoms with Crippen LogP contribution in [0.5, 0.6) is 0 Å². The zero-order valence-corrected chi connectivity index (χ0v) is 6.79. The van der Waals surface area contributed by atoms with Crippen LogP contribution in [0.15, 0.2) is 4.99 Å². The molecule has 3 nitrogen and oxygen atoms in total. The molecule has 0 amide bonds. The predicted molar refractivity (Wildman–Crippen MR) is 40.7 cm³/mol. The fourth-order valence-corrected chi connectivity index (χ4v) is 1.09. The van der Waals surface area contributed by atoms with E-state index in [1.807, 2.05) is 14.0 Å².